The van der Waals surface area contributed by atoms with Gasteiger partial charge in [0.05, 0.1) is 6.10 Å². The zero-order chi connectivity index (χ0) is 11.4. The van der Waals surface area contributed by atoms with Gasteiger partial charge in [0.1, 0.15) is 5.03 Å². The fourth-order valence-corrected chi connectivity index (χ4v) is 2.08. The molecule has 0 unspecified atom stereocenters. The second-order valence-electron chi connectivity index (χ2n) is 3.52. The molecule has 1 aromatic carbocycles. The predicted octanol–water partition coefficient (Wildman–Crippen LogP) is 3.29. The molecule has 0 fully saturated rings. The summed E-state index contributed by atoms with van der Waals surface area (Å²) in [5, 5.41) is 10.3. The largest absolute Gasteiger partial charge is 0.389 e. The molecule has 2 nitrogen and oxygen atoms in total. The molecular formula is C13H13NOS. The standard InChI is InChI=1S/C13H13NOS/c1-10(15)11-7-8-13(14-9-11)16-12-5-3-2-4-6-12/h2-10,15H,1H3/t10-/m0/s1. The summed E-state index contributed by atoms with van der Waals surface area (Å²) in [6.07, 6.45) is 1.26. The Labute approximate surface area is 99.4 Å². The van der Waals surface area contributed by atoms with Crippen molar-refractivity contribution in [3.8, 4) is 0 Å². The molecule has 0 spiro atoms. The van der Waals surface area contributed by atoms with E-state index >= 15 is 0 Å². The second-order valence-corrected chi connectivity index (χ2v) is 4.61. The average Bonchev–Trinajstić information content (AvgIpc) is 2.31. The summed E-state index contributed by atoms with van der Waals surface area (Å²) in [7, 11) is 0. The molecule has 2 aromatic rings. The summed E-state index contributed by atoms with van der Waals surface area (Å²) in [6.45, 7) is 1.74. The van der Waals surface area contributed by atoms with Crippen LogP contribution in [0.25, 0.3) is 0 Å². The monoisotopic (exact) mass is 231 g/mol. The van der Waals surface area contributed by atoms with Gasteiger partial charge < -0.3 is 5.11 Å². The van der Waals surface area contributed by atoms with E-state index in [1.807, 2.05) is 30.3 Å². The van der Waals surface area contributed by atoms with Gasteiger partial charge in [-0.1, -0.05) is 36.0 Å². The van der Waals surface area contributed by atoms with Crippen LogP contribution in [0.5, 0.6) is 0 Å². The molecule has 0 aliphatic rings. The lowest BCUT2D eigenvalue weighted by Gasteiger charge is -2.05. The summed E-state index contributed by atoms with van der Waals surface area (Å²) in [4.78, 5) is 5.46. The predicted molar refractivity (Wildman–Crippen MR) is 65.4 cm³/mol. The van der Waals surface area contributed by atoms with E-state index in [0.29, 0.717) is 0 Å². The second kappa shape index (κ2) is 5.14. The van der Waals surface area contributed by atoms with Gasteiger partial charge in [0.15, 0.2) is 0 Å². The van der Waals surface area contributed by atoms with E-state index in [2.05, 4.69) is 17.1 Å². The van der Waals surface area contributed by atoms with Crippen LogP contribution in [0.2, 0.25) is 0 Å². The Balaban J connectivity index is 2.11. The number of aromatic nitrogens is 1. The smallest absolute Gasteiger partial charge is 0.101 e. The van der Waals surface area contributed by atoms with Crippen LogP contribution in [0.4, 0.5) is 0 Å². The highest BCUT2D eigenvalue weighted by Gasteiger charge is 2.02. The van der Waals surface area contributed by atoms with E-state index in [1.165, 1.54) is 4.90 Å². The van der Waals surface area contributed by atoms with Gasteiger partial charge in [0.25, 0.3) is 0 Å². The zero-order valence-electron chi connectivity index (χ0n) is 9.00. The highest BCUT2D eigenvalue weighted by molar-refractivity contribution is 7.99. The summed E-state index contributed by atoms with van der Waals surface area (Å²) < 4.78 is 0. The Bertz CT molecular complexity index is 439. The molecule has 0 amide bonds. The molecule has 1 N–H and O–H groups in total. The van der Waals surface area contributed by atoms with Gasteiger partial charge >= 0.3 is 0 Å². The lowest BCUT2D eigenvalue weighted by atomic mass is 10.2. The first kappa shape index (κ1) is 11.2. The summed E-state index contributed by atoms with van der Waals surface area (Å²) in [5.41, 5.74) is 0.845. The molecule has 0 radical (unpaired) electrons. The van der Waals surface area contributed by atoms with Gasteiger partial charge in [-0.25, -0.2) is 4.98 Å². The van der Waals surface area contributed by atoms with Crippen molar-refractivity contribution in [1.82, 2.24) is 4.98 Å². The maximum absolute atomic E-state index is 9.36. The first-order valence-electron chi connectivity index (χ1n) is 5.12. The van der Waals surface area contributed by atoms with Gasteiger partial charge in [-0.15, -0.1) is 0 Å². The number of hydrogen-bond donors (Lipinski definition) is 1. The SMILES string of the molecule is C[C@H](O)c1ccc(Sc2ccccc2)nc1. The fraction of sp³-hybridized carbons (Fsp3) is 0.154. The van der Waals surface area contributed by atoms with Crippen molar-refractivity contribution >= 4 is 11.8 Å². The van der Waals surface area contributed by atoms with Crippen LogP contribution in [0.1, 0.15) is 18.6 Å². The molecule has 0 saturated heterocycles. The van der Waals surface area contributed by atoms with Crippen molar-refractivity contribution in [3.05, 3.63) is 54.2 Å². The molecule has 1 heterocycles. The van der Waals surface area contributed by atoms with Crippen molar-refractivity contribution < 1.29 is 5.11 Å². The summed E-state index contributed by atoms with van der Waals surface area (Å²) in [6, 6.07) is 13.9. The number of pyridine rings is 1. The van der Waals surface area contributed by atoms with Gasteiger partial charge in [-0.3, -0.25) is 0 Å². The zero-order valence-corrected chi connectivity index (χ0v) is 9.82. The number of nitrogens with zero attached hydrogens (tertiary/aromatic N) is 1. The third-order valence-corrected chi connectivity index (χ3v) is 3.17. The molecule has 16 heavy (non-hydrogen) atoms. The van der Waals surface area contributed by atoms with Crippen molar-refractivity contribution in [2.75, 3.05) is 0 Å². The van der Waals surface area contributed by atoms with Crippen LogP contribution in [-0.4, -0.2) is 10.1 Å². The minimum atomic E-state index is -0.455. The maximum Gasteiger partial charge on any atom is 0.101 e. The van der Waals surface area contributed by atoms with Crippen LogP contribution < -0.4 is 0 Å². The van der Waals surface area contributed by atoms with Crippen LogP contribution in [0.3, 0.4) is 0 Å². The van der Waals surface area contributed by atoms with Crippen LogP contribution >= 0.6 is 11.8 Å². The Morgan fingerprint density at radius 3 is 2.44 bits per heavy atom. The normalized spacial score (nSPS) is 12.4. The third kappa shape index (κ3) is 2.84. The highest BCUT2D eigenvalue weighted by Crippen LogP contribution is 2.26. The van der Waals surface area contributed by atoms with Gasteiger partial charge in [-0.2, -0.15) is 0 Å². The Kier molecular flexibility index (Phi) is 3.59. The molecule has 3 heteroatoms. The molecule has 0 aliphatic heterocycles. The van der Waals surface area contributed by atoms with Crippen molar-refractivity contribution in [3.63, 3.8) is 0 Å². The van der Waals surface area contributed by atoms with E-state index in [0.717, 1.165) is 10.6 Å². The molecule has 0 saturated carbocycles. The Morgan fingerprint density at radius 1 is 1.12 bits per heavy atom. The van der Waals surface area contributed by atoms with Crippen LogP contribution in [-0.2, 0) is 0 Å². The lowest BCUT2D eigenvalue weighted by molar-refractivity contribution is 0.198. The number of aliphatic hydroxyl groups excluding tert-OH is 1. The number of hydrogen-bond acceptors (Lipinski definition) is 3. The molecule has 0 aliphatic carbocycles. The molecule has 1 atom stereocenters. The van der Waals surface area contributed by atoms with Gasteiger partial charge in [-0.05, 0) is 30.7 Å². The Morgan fingerprint density at radius 2 is 1.88 bits per heavy atom. The van der Waals surface area contributed by atoms with Crippen molar-refractivity contribution in [2.24, 2.45) is 0 Å². The van der Waals surface area contributed by atoms with Crippen LogP contribution in [0, 0.1) is 0 Å². The Hall–Kier alpha value is -1.32. The molecular weight excluding hydrogens is 218 g/mol. The van der Waals surface area contributed by atoms with Crippen molar-refractivity contribution in [1.29, 1.82) is 0 Å². The maximum atomic E-state index is 9.36. The minimum Gasteiger partial charge on any atom is -0.389 e. The average molecular weight is 231 g/mol. The summed E-state index contributed by atoms with van der Waals surface area (Å²) >= 11 is 1.62. The first-order chi connectivity index (χ1) is 7.75. The molecule has 82 valence electrons. The van der Waals surface area contributed by atoms with Crippen LogP contribution in [0.15, 0.2) is 58.6 Å². The minimum absolute atomic E-state index is 0.455. The fourth-order valence-electron chi connectivity index (χ4n) is 1.31. The molecule has 0 bridgehead atoms. The quantitative estimate of drug-likeness (QED) is 0.880. The third-order valence-electron chi connectivity index (χ3n) is 2.21. The summed E-state index contributed by atoms with van der Waals surface area (Å²) in [5.74, 6) is 0. The lowest BCUT2D eigenvalue weighted by Crippen LogP contribution is -1.91. The van der Waals surface area contributed by atoms with E-state index in [9.17, 15) is 5.11 Å². The number of aliphatic hydroxyl groups is 1. The topological polar surface area (TPSA) is 33.1 Å². The number of rotatable bonds is 3. The van der Waals surface area contributed by atoms with E-state index in [-0.39, 0.29) is 0 Å². The van der Waals surface area contributed by atoms with Gasteiger partial charge in [0.2, 0.25) is 0 Å². The molecule has 2 rings (SSSR count). The van der Waals surface area contributed by atoms with Crippen molar-refractivity contribution in [2.45, 2.75) is 22.9 Å². The molecule has 1 aromatic heterocycles. The van der Waals surface area contributed by atoms with E-state index < -0.39 is 6.10 Å². The highest BCUT2D eigenvalue weighted by atomic mass is 32.2. The van der Waals surface area contributed by atoms with E-state index in [4.69, 9.17) is 0 Å². The number of benzene rings is 1. The van der Waals surface area contributed by atoms with E-state index in [1.54, 1.807) is 24.9 Å². The van der Waals surface area contributed by atoms with Gasteiger partial charge in [0, 0.05) is 11.1 Å². The first-order valence-corrected chi connectivity index (χ1v) is 5.94.